The van der Waals surface area contributed by atoms with E-state index in [4.69, 9.17) is 4.74 Å². The van der Waals surface area contributed by atoms with Crippen molar-refractivity contribution in [2.75, 3.05) is 0 Å². The third-order valence-corrected chi connectivity index (χ3v) is 3.74. The first-order chi connectivity index (χ1) is 7.84. The SMILES string of the molecule is O=C(CCc1ccsc1)OCc1cccs1. The Morgan fingerprint density at radius 2 is 2.25 bits per heavy atom. The van der Waals surface area contributed by atoms with E-state index >= 15 is 0 Å². The number of carbonyl (C=O) groups excluding carboxylic acids is 1. The summed E-state index contributed by atoms with van der Waals surface area (Å²) in [4.78, 5) is 12.5. The van der Waals surface area contributed by atoms with Gasteiger partial charge in [0.1, 0.15) is 6.61 Å². The van der Waals surface area contributed by atoms with E-state index in [1.54, 1.807) is 22.7 Å². The predicted octanol–water partition coefficient (Wildman–Crippen LogP) is 3.49. The van der Waals surface area contributed by atoms with E-state index in [-0.39, 0.29) is 5.97 Å². The topological polar surface area (TPSA) is 26.3 Å². The lowest BCUT2D eigenvalue weighted by atomic mass is 10.2. The zero-order valence-electron chi connectivity index (χ0n) is 8.72. The van der Waals surface area contributed by atoms with Gasteiger partial charge >= 0.3 is 5.97 Å². The van der Waals surface area contributed by atoms with Crippen molar-refractivity contribution < 1.29 is 9.53 Å². The second-order valence-corrected chi connectivity index (χ2v) is 5.18. The molecular formula is C12H12O2S2. The molecule has 0 aliphatic carbocycles. The number of hydrogen-bond donors (Lipinski definition) is 0. The van der Waals surface area contributed by atoms with Gasteiger partial charge in [-0.05, 0) is 40.3 Å². The Balaban J connectivity index is 1.69. The molecule has 2 aromatic rings. The molecule has 2 nitrogen and oxygen atoms in total. The summed E-state index contributed by atoms with van der Waals surface area (Å²) in [5, 5.41) is 6.06. The van der Waals surface area contributed by atoms with Gasteiger partial charge in [0.25, 0.3) is 0 Å². The van der Waals surface area contributed by atoms with Gasteiger partial charge in [0.2, 0.25) is 0 Å². The second-order valence-electron chi connectivity index (χ2n) is 3.37. The first kappa shape index (κ1) is 11.4. The van der Waals surface area contributed by atoms with Gasteiger partial charge in [-0.1, -0.05) is 6.07 Å². The molecular weight excluding hydrogens is 240 g/mol. The fraction of sp³-hybridized carbons (Fsp3) is 0.250. The predicted molar refractivity (Wildman–Crippen MR) is 66.8 cm³/mol. The average Bonchev–Trinajstić information content (AvgIpc) is 2.96. The number of ether oxygens (including phenoxy) is 1. The van der Waals surface area contributed by atoms with Crippen molar-refractivity contribution >= 4 is 28.6 Å². The maximum Gasteiger partial charge on any atom is 0.306 e. The molecule has 0 saturated carbocycles. The Morgan fingerprint density at radius 1 is 1.31 bits per heavy atom. The van der Waals surface area contributed by atoms with Crippen LogP contribution in [0, 0.1) is 0 Å². The summed E-state index contributed by atoms with van der Waals surface area (Å²) < 4.78 is 5.16. The van der Waals surface area contributed by atoms with E-state index in [9.17, 15) is 4.79 Å². The molecule has 4 heteroatoms. The number of aryl methyl sites for hydroxylation is 1. The summed E-state index contributed by atoms with van der Waals surface area (Å²) in [5.41, 5.74) is 1.21. The van der Waals surface area contributed by atoms with Crippen LogP contribution in [0.15, 0.2) is 34.3 Å². The Labute approximate surface area is 103 Å². The van der Waals surface area contributed by atoms with Gasteiger partial charge in [-0.2, -0.15) is 11.3 Å². The molecule has 0 radical (unpaired) electrons. The van der Waals surface area contributed by atoms with Crippen LogP contribution >= 0.6 is 22.7 Å². The van der Waals surface area contributed by atoms with Crippen molar-refractivity contribution in [1.29, 1.82) is 0 Å². The number of thiophene rings is 2. The van der Waals surface area contributed by atoms with Gasteiger partial charge in [0.15, 0.2) is 0 Å². The van der Waals surface area contributed by atoms with Crippen molar-refractivity contribution in [1.82, 2.24) is 0 Å². The van der Waals surface area contributed by atoms with Gasteiger partial charge in [-0.15, -0.1) is 11.3 Å². The molecule has 0 fully saturated rings. The first-order valence-electron chi connectivity index (χ1n) is 5.03. The minimum absolute atomic E-state index is 0.125. The first-order valence-corrected chi connectivity index (χ1v) is 6.86. The van der Waals surface area contributed by atoms with Crippen LogP contribution in [0.1, 0.15) is 16.9 Å². The standard InChI is InChI=1S/C12H12O2S2/c13-12(4-3-10-5-7-15-9-10)14-8-11-2-1-6-16-11/h1-2,5-7,9H,3-4,8H2. The lowest BCUT2D eigenvalue weighted by molar-refractivity contribution is -0.144. The van der Waals surface area contributed by atoms with E-state index in [1.807, 2.05) is 29.0 Å². The fourth-order valence-corrected chi connectivity index (χ4v) is 2.62. The van der Waals surface area contributed by atoms with Crippen LogP contribution in [0.5, 0.6) is 0 Å². The molecule has 0 spiro atoms. The maximum atomic E-state index is 11.4. The minimum Gasteiger partial charge on any atom is -0.460 e. The Bertz CT molecular complexity index is 378. The lowest BCUT2D eigenvalue weighted by Gasteiger charge is -2.02. The molecule has 16 heavy (non-hydrogen) atoms. The molecule has 84 valence electrons. The highest BCUT2D eigenvalue weighted by molar-refractivity contribution is 7.09. The highest BCUT2D eigenvalue weighted by Gasteiger charge is 2.04. The van der Waals surface area contributed by atoms with Gasteiger partial charge < -0.3 is 4.74 Å². The quantitative estimate of drug-likeness (QED) is 0.761. The van der Waals surface area contributed by atoms with Crippen LogP contribution in [-0.2, 0) is 22.6 Å². The Hall–Kier alpha value is -1.13. The monoisotopic (exact) mass is 252 g/mol. The Morgan fingerprint density at radius 3 is 2.94 bits per heavy atom. The second kappa shape index (κ2) is 5.82. The van der Waals surface area contributed by atoms with Gasteiger partial charge in [-0.25, -0.2) is 0 Å². The van der Waals surface area contributed by atoms with Gasteiger partial charge in [-0.3, -0.25) is 4.79 Å². The molecule has 0 amide bonds. The molecule has 0 unspecified atom stereocenters. The van der Waals surface area contributed by atoms with Crippen LogP contribution in [0.3, 0.4) is 0 Å². The van der Waals surface area contributed by atoms with Crippen LogP contribution in [0.25, 0.3) is 0 Å². The van der Waals surface area contributed by atoms with E-state index in [2.05, 4.69) is 5.38 Å². The largest absolute Gasteiger partial charge is 0.460 e. The molecule has 0 N–H and O–H groups in total. The van der Waals surface area contributed by atoms with Gasteiger partial charge in [0.05, 0.1) is 0 Å². The number of carbonyl (C=O) groups is 1. The van der Waals surface area contributed by atoms with E-state index in [0.29, 0.717) is 13.0 Å². The molecule has 2 rings (SSSR count). The number of hydrogen-bond acceptors (Lipinski definition) is 4. The molecule has 0 aliphatic heterocycles. The molecule has 0 aromatic carbocycles. The van der Waals surface area contributed by atoms with Crippen molar-refractivity contribution in [2.24, 2.45) is 0 Å². The summed E-state index contributed by atoms with van der Waals surface area (Å²) in [6.45, 7) is 0.403. The third kappa shape index (κ3) is 3.47. The van der Waals surface area contributed by atoms with Crippen molar-refractivity contribution in [3.05, 3.63) is 44.8 Å². The summed E-state index contributed by atoms with van der Waals surface area (Å²) in [5.74, 6) is -0.125. The highest BCUT2D eigenvalue weighted by atomic mass is 32.1. The molecule has 0 bridgehead atoms. The zero-order valence-corrected chi connectivity index (χ0v) is 10.4. The van der Waals surface area contributed by atoms with Crippen molar-refractivity contribution in [2.45, 2.75) is 19.4 Å². The van der Waals surface area contributed by atoms with Crippen LogP contribution in [0.4, 0.5) is 0 Å². The fourth-order valence-electron chi connectivity index (χ4n) is 1.30. The van der Waals surface area contributed by atoms with E-state index in [1.165, 1.54) is 5.56 Å². The summed E-state index contributed by atoms with van der Waals surface area (Å²) in [6, 6.07) is 5.97. The summed E-state index contributed by atoms with van der Waals surface area (Å²) >= 11 is 3.26. The van der Waals surface area contributed by atoms with Crippen LogP contribution in [0.2, 0.25) is 0 Å². The van der Waals surface area contributed by atoms with Crippen molar-refractivity contribution in [3.8, 4) is 0 Å². The number of rotatable bonds is 5. The molecule has 0 aliphatic rings. The summed E-state index contributed by atoms with van der Waals surface area (Å²) in [7, 11) is 0. The Kier molecular flexibility index (Phi) is 4.13. The summed E-state index contributed by atoms with van der Waals surface area (Å²) in [6.07, 6.45) is 1.23. The zero-order chi connectivity index (χ0) is 11.2. The third-order valence-electron chi connectivity index (χ3n) is 2.15. The molecule has 0 saturated heterocycles. The van der Waals surface area contributed by atoms with Gasteiger partial charge in [0, 0.05) is 11.3 Å². The smallest absolute Gasteiger partial charge is 0.306 e. The van der Waals surface area contributed by atoms with E-state index < -0.39 is 0 Å². The minimum atomic E-state index is -0.125. The van der Waals surface area contributed by atoms with E-state index in [0.717, 1.165) is 11.3 Å². The molecule has 0 atom stereocenters. The lowest BCUT2D eigenvalue weighted by Crippen LogP contribution is -2.04. The highest BCUT2D eigenvalue weighted by Crippen LogP contribution is 2.12. The van der Waals surface area contributed by atoms with Crippen LogP contribution in [-0.4, -0.2) is 5.97 Å². The molecule has 2 heterocycles. The maximum absolute atomic E-state index is 11.4. The molecule has 2 aromatic heterocycles. The number of esters is 1. The van der Waals surface area contributed by atoms with Crippen molar-refractivity contribution in [3.63, 3.8) is 0 Å². The van der Waals surface area contributed by atoms with Crippen LogP contribution < -0.4 is 0 Å². The normalized spacial score (nSPS) is 10.2. The average molecular weight is 252 g/mol.